The highest BCUT2D eigenvalue weighted by molar-refractivity contribution is 6.15. The minimum absolute atomic E-state index is 0.177. The molecule has 1 saturated carbocycles. The lowest BCUT2D eigenvalue weighted by Gasteiger charge is -2.15. The van der Waals surface area contributed by atoms with Crippen molar-refractivity contribution in [3.8, 4) is 0 Å². The number of hydrogen-bond acceptors (Lipinski definition) is 3. The Morgan fingerprint density at radius 3 is 2.30 bits per heavy atom. The van der Waals surface area contributed by atoms with Crippen molar-refractivity contribution in [3.05, 3.63) is 70.3 Å². The normalized spacial score (nSPS) is 18.9. The van der Waals surface area contributed by atoms with Crippen LogP contribution in [0.5, 0.6) is 0 Å². The Bertz CT molecular complexity index is 903. The van der Waals surface area contributed by atoms with E-state index >= 15 is 0 Å². The number of ketones is 1. The fourth-order valence-corrected chi connectivity index (χ4v) is 3.52. The third-order valence-electron chi connectivity index (χ3n) is 5.30. The van der Waals surface area contributed by atoms with Gasteiger partial charge in [0.1, 0.15) is 0 Å². The average molecular weight is 365 g/mol. The molecule has 0 aliphatic heterocycles. The standard InChI is InChI=1S/C22H23NO4/c1-13-7-8-15(11-14(13)2)20(24)18-5-3-4-6-19(18)21(25)23-17-10-9-16(12-17)22(26)27/h3-8,11,16-17H,9-10,12H2,1-2H3,(H,23,25)(H,26,27)/t16-,17+/m1/s1. The van der Waals surface area contributed by atoms with Crippen molar-refractivity contribution in [1.29, 1.82) is 0 Å². The SMILES string of the molecule is Cc1ccc(C(=O)c2ccccc2C(=O)N[C@H]2CC[C@@H](C(=O)O)C2)cc1C. The zero-order valence-corrected chi connectivity index (χ0v) is 15.5. The quantitative estimate of drug-likeness (QED) is 0.794. The minimum Gasteiger partial charge on any atom is -0.481 e. The van der Waals surface area contributed by atoms with Crippen LogP contribution in [-0.2, 0) is 4.79 Å². The molecule has 2 N–H and O–H groups in total. The van der Waals surface area contributed by atoms with Crippen molar-refractivity contribution < 1.29 is 19.5 Å². The van der Waals surface area contributed by atoms with E-state index in [0.29, 0.717) is 36.0 Å². The van der Waals surface area contributed by atoms with Crippen LogP contribution in [0.15, 0.2) is 42.5 Å². The van der Waals surface area contributed by atoms with Crippen LogP contribution in [0.3, 0.4) is 0 Å². The summed E-state index contributed by atoms with van der Waals surface area (Å²) in [4.78, 5) is 36.8. The fourth-order valence-electron chi connectivity index (χ4n) is 3.52. The molecule has 1 aliphatic rings. The first-order chi connectivity index (χ1) is 12.9. The second kappa shape index (κ2) is 7.74. The topological polar surface area (TPSA) is 83.5 Å². The van der Waals surface area contributed by atoms with Gasteiger partial charge in [0, 0.05) is 17.2 Å². The maximum absolute atomic E-state index is 13.0. The molecule has 27 heavy (non-hydrogen) atoms. The lowest BCUT2D eigenvalue weighted by Crippen LogP contribution is -2.34. The van der Waals surface area contributed by atoms with Gasteiger partial charge >= 0.3 is 5.97 Å². The number of carboxylic acid groups (broad SMARTS) is 1. The monoisotopic (exact) mass is 365 g/mol. The van der Waals surface area contributed by atoms with Crippen LogP contribution >= 0.6 is 0 Å². The van der Waals surface area contributed by atoms with Gasteiger partial charge in [0.2, 0.25) is 0 Å². The molecule has 0 aromatic heterocycles. The van der Waals surface area contributed by atoms with Gasteiger partial charge in [0.25, 0.3) is 5.91 Å². The summed E-state index contributed by atoms with van der Waals surface area (Å²) in [5.74, 6) is -1.77. The van der Waals surface area contributed by atoms with E-state index in [4.69, 9.17) is 5.11 Å². The Morgan fingerprint density at radius 2 is 1.67 bits per heavy atom. The number of carboxylic acids is 1. The molecule has 1 amide bonds. The molecule has 1 fully saturated rings. The van der Waals surface area contributed by atoms with Crippen molar-refractivity contribution >= 4 is 17.7 Å². The molecule has 2 aromatic rings. The van der Waals surface area contributed by atoms with Crippen molar-refractivity contribution in [2.45, 2.75) is 39.2 Å². The molecule has 140 valence electrons. The van der Waals surface area contributed by atoms with Crippen molar-refractivity contribution in [2.75, 3.05) is 0 Å². The van der Waals surface area contributed by atoms with Gasteiger partial charge in [-0.25, -0.2) is 0 Å². The van der Waals surface area contributed by atoms with Gasteiger partial charge < -0.3 is 10.4 Å². The lowest BCUT2D eigenvalue weighted by molar-refractivity contribution is -0.141. The van der Waals surface area contributed by atoms with Crippen LogP contribution in [0.25, 0.3) is 0 Å². The van der Waals surface area contributed by atoms with Crippen LogP contribution in [0.4, 0.5) is 0 Å². The van der Waals surface area contributed by atoms with E-state index in [-0.39, 0.29) is 17.7 Å². The number of nitrogens with one attached hydrogen (secondary N) is 1. The minimum atomic E-state index is -0.822. The van der Waals surface area contributed by atoms with E-state index in [1.807, 2.05) is 26.0 Å². The van der Waals surface area contributed by atoms with E-state index in [0.717, 1.165) is 11.1 Å². The summed E-state index contributed by atoms with van der Waals surface area (Å²) < 4.78 is 0. The predicted molar refractivity (Wildman–Crippen MR) is 102 cm³/mol. The second-order valence-corrected chi connectivity index (χ2v) is 7.19. The average Bonchev–Trinajstić information content (AvgIpc) is 3.12. The molecule has 0 radical (unpaired) electrons. The summed E-state index contributed by atoms with van der Waals surface area (Å²) in [7, 11) is 0. The van der Waals surface area contributed by atoms with Crippen LogP contribution in [0.2, 0.25) is 0 Å². The molecule has 3 rings (SSSR count). The first-order valence-electron chi connectivity index (χ1n) is 9.11. The number of amides is 1. The molecular weight excluding hydrogens is 342 g/mol. The summed E-state index contributed by atoms with van der Waals surface area (Å²) in [6.07, 6.45) is 1.62. The highest BCUT2D eigenvalue weighted by Gasteiger charge is 2.31. The third kappa shape index (κ3) is 4.08. The van der Waals surface area contributed by atoms with E-state index < -0.39 is 11.9 Å². The smallest absolute Gasteiger partial charge is 0.306 e. The summed E-state index contributed by atoms with van der Waals surface area (Å²) in [5, 5.41) is 12.0. The molecule has 0 spiro atoms. The molecule has 2 atom stereocenters. The molecule has 2 aromatic carbocycles. The summed E-state index contributed by atoms with van der Waals surface area (Å²) in [5.41, 5.74) is 3.34. The van der Waals surface area contributed by atoms with E-state index in [2.05, 4.69) is 5.32 Å². The summed E-state index contributed by atoms with van der Waals surface area (Å²) >= 11 is 0. The lowest BCUT2D eigenvalue weighted by atomic mass is 9.95. The Morgan fingerprint density at radius 1 is 0.963 bits per heavy atom. The molecule has 0 heterocycles. The zero-order valence-electron chi connectivity index (χ0n) is 15.5. The van der Waals surface area contributed by atoms with Crippen LogP contribution in [0.1, 0.15) is 56.7 Å². The van der Waals surface area contributed by atoms with Crippen molar-refractivity contribution in [2.24, 2.45) is 5.92 Å². The summed E-state index contributed by atoms with van der Waals surface area (Å²) in [6, 6.07) is 12.1. The molecule has 5 heteroatoms. The highest BCUT2D eigenvalue weighted by atomic mass is 16.4. The Hall–Kier alpha value is -2.95. The first-order valence-corrected chi connectivity index (χ1v) is 9.11. The molecular formula is C22H23NO4. The maximum atomic E-state index is 13.0. The largest absolute Gasteiger partial charge is 0.481 e. The molecule has 0 bridgehead atoms. The highest BCUT2D eigenvalue weighted by Crippen LogP contribution is 2.26. The Balaban J connectivity index is 1.81. The third-order valence-corrected chi connectivity index (χ3v) is 5.30. The summed E-state index contributed by atoms with van der Waals surface area (Å²) in [6.45, 7) is 3.93. The molecule has 0 saturated heterocycles. The number of aliphatic carboxylic acids is 1. The fraction of sp³-hybridized carbons (Fsp3) is 0.318. The maximum Gasteiger partial charge on any atom is 0.306 e. The second-order valence-electron chi connectivity index (χ2n) is 7.19. The van der Waals surface area contributed by atoms with Gasteiger partial charge in [-0.2, -0.15) is 0 Å². The molecule has 1 aliphatic carbocycles. The first kappa shape index (κ1) is 18.8. The van der Waals surface area contributed by atoms with Gasteiger partial charge in [0.15, 0.2) is 5.78 Å². The number of rotatable bonds is 5. The number of carbonyl (C=O) groups is 3. The van der Waals surface area contributed by atoms with Crippen molar-refractivity contribution in [3.63, 3.8) is 0 Å². The zero-order chi connectivity index (χ0) is 19.6. The van der Waals surface area contributed by atoms with E-state index in [1.165, 1.54) is 0 Å². The Labute approximate surface area is 158 Å². The Kier molecular flexibility index (Phi) is 5.40. The van der Waals surface area contributed by atoms with Gasteiger partial charge in [-0.15, -0.1) is 0 Å². The van der Waals surface area contributed by atoms with Crippen LogP contribution in [0, 0.1) is 19.8 Å². The predicted octanol–water partition coefficient (Wildman–Crippen LogP) is 3.52. The van der Waals surface area contributed by atoms with Gasteiger partial charge in [-0.05, 0) is 56.4 Å². The number of carbonyl (C=O) groups excluding carboxylic acids is 2. The van der Waals surface area contributed by atoms with Crippen LogP contribution < -0.4 is 5.32 Å². The van der Waals surface area contributed by atoms with Crippen LogP contribution in [-0.4, -0.2) is 28.8 Å². The van der Waals surface area contributed by atoms with E-state index in [9.17, 15) is 14.4 Å². The van der Waals surface area contributed by atoms with Gasteiger partial charge in [-0.1, -0.05) is 30.3 Å². The molecule has 0 unspecified atom stereocenters. The number of hydrogen-bond donors (Lipinski definition) is 2. The molecule has 5 nitrogen and oxygen atoms in total. The van der Waals surface area contributed by atoms with Gasteiger partial charge in [-0.3, -0.25) is 14.4 Å². The van der Waals surface area contributed by atoms with E-state index in [1.54, 1.807) is 30.3 Å². The number of aryl methyl sites for hydroxylation is 2. The van der Waals surface area contributed by atoms with Gasteiger partial charge in [0.05, 0.1) is 11.5 Å². The van der Waals surface area contributed by atoms with Crippen molar-refractivity contribution in [1.82, 2.24) is 5.32 Å². The number of benzene rings is 2.